The second kappa shape index (κ2) is 3.97. The lowest BCUT2D eigenvalue weighted by Gasteiger charge is -2.09. The minimum Gasteiger partial charge on any atom is -0.382 e. The molecule has 1 fully saturated rings. The van der Waals surface area contributed by atoms with E-state index in [1.54, 1.807) is 6.07 Å². The van der Waals surface area contributed by atoms with Gasteiger partial charge >= 0.3 is 0 Å². The predicted molar refractivity (Wildman–Crippen MR) is 69.0 cm³/mol. The highest BCUT2D eigenvalue weighted by molar-refractivity contribution is 6.37. The lowest BCUT2D eigenvalue weighted by atomic mass is 10.1. The van der Waals surface area contributed by atoms with Crippen LogP contribution in [0.5, 0.6) is 0 Å². The van der Waals surface area contributed by atoms with Crippen LogP contribution >= 0.6 is 23.2 Å². The molecular weight excluding hydrogens is 245 g/mol. The molecule has 3 nitrogen and oxygen atoms in total. The minimum atomic E-state index is 0.309. The molecule has 0 spiro atoms. The normalized spacial score (nSPS) is 21.9. The average molecular weight is 260 g/mol. The number of anilines is 2. The van der Waals surface area contributed by atoms with E-state index in [1.807, 2.05) is 0 Å². The number of nitrogen functional groups attached to an aromatic ring is 1. The first-order chi connectivity index (χ1) is 7.40. The summed E-state index contributed by atoms with van der Waals surface area (Å²) in [6.07, 6.45) is 1.24. The van der Waals surface area contributed by atoms with Gasteiger partial charge < -0.3 is 11.1 Å². The molecule has 0 saturated heterocycles. The maximum absolute atomic E-state index is 6.01. The molecule has 1 saturated carbocycles. The van der Waals surface area contributed by atoms with Crippen LogP contribution in [0.15, 0.2) is 6.07 Å². The molecule has 1 atom stereocenters. The Labute approximate surface area is 105 Å². The van der Waals surface area contributed by atoms with Crippen LogP contribution < -0.4 is 11.1 Å². The van der Waals surface area contributed by atoms with Crippen molar-refractivity contribution in [1.82, 2.24) is 4.98 Å². The number of aromatic nitrogens is 1. The molecule has 1 aliphatic carbocycles. The van der Waals surface area contributed by atoms with Crippen molar-refractivity contribution >= 4 is 34.8 Å². The maximum Gasteiger partial charge on any atom is 0.147 e. The first-order valence-electron chi connectivity index (χ1n) is 5.25. The number of rotatable bonds is 3. The molecule has 0 amide bonds. The van der Waals surface area contributed by atoms with E-state index < -0.39 is 0 Å². The van der Waals surface area contributed by atoms with Gasteiger partial charge in [-0.1, -0.05) is 37.0 Å². The first kappa shape index (κ1) is 11.8. The quantitative estimate of drug-likeness (QED) is 0.875. The van der Waals surface area contributed by atoms with E-state index in [1.165, 1.54) is 6.42 Å². The van der Waals surface area contributed by atoms with E-state index in [2.05, 4.69) is 24.1 Å². The highest BCUT2D eigenvalue weighted by atomic mass is 35.5. The van der Waals surface area contributed by atoms with Gasteiger partial charge in [0.15, 0.2) is 0 Å². The Bertz CT molecular complexity index is 418. The first-order valence-corrected chi connectivity index (χ1v) is 6.01. The van der Waals surface area contributed by atoms with E-state index in [9.17, 15) is 0 Å². The van der Waals surface area contributed by atoms with Crippen LogP contribution in [0.3, 0.4) is 0 Å². The van der Waals surface area contributed by atoms with Crippen molar-refractivity contribution in [2.24, 2.45) is 11.3 Å². The third-order valence-electron chi connectivity index (χ3n) is 3.19. The summed E-state index contributed by atoms with van der Waals surface area (Å²) in [7, 11) is 0. The van der Waals surface area contributed by atoms with Crippen molar-refractivity contribution in [3.05, 3.63) is 16.1 Å². The van der Waals surface area contributed by atoms with Gasteiger partial charge in [0.1, 0.15) is 11.6 Å². The Hall–Kier alpha value is -0.670. The maximum atomic E-state index is 6.01. The fraction of sp³-hybridized carbons (Fsp3) is 0.545. The Morgan fingerprint density at radius 2 is 2.12 bits per heavy atom. The Morgan fingerprint density at radius 3 is 2.69 bits per heavy atom. The fourth-order valence-electron chi connectivity index (χ4n) is 1.75. The topological polar surface area (TPSA) is 50.9 Å². The van der Waals surface area contributed by atoms with E-state index in [4.69, 9.17) is 28.9 Å². The highest BCUT2D eigenvalue weighted by Gasteiger charge is 2.45. The van der Waals surface area contributed by atoms with Crippen molar-refractivity contribution < 1.29 is 0 Å². The van der Waals surface area contributed by atoms with Crippen LogP contribution in [0.4, 0.5) is 11.6 Å². The van der Waals surface area contributed by atoms with Gasteiger partial charge in [-0.15, -0.1) is 0 Å². The molecule has 0 bridgehead atoms. The number of hydrogen-bond acceptors (Lipinski definition) is 3. The minimum absolute atomic E-state index is 0.309. The standard InChI is InChI=1S/C11H15Cl2N3/c1-11(2)4-6(11)5-15-10-8(13)3-7(12)9(14)16-10/h3,6H,4-5H2,1-2H3,(H3,14,15,16). The number of pyridine rings is 1. The van der Waals surface area contributed by atoms with Gasteiger partial charge in [0.2, 0.25) is 0 Å². The van der Waals surface area contributed by atoms with Gasteiger partial charge in [-0.25, -0.2) is 4.98 Å². The molecule has 1 aliphatic rings. The summed E-state index contributed by atoms with van der Waals surface area (Å²) >= 11 is 11.8. The number of halogens is 2. The van der Waals surface area contributed by atoms with E-state index in [0.29, 0.717) is 33.0 Å². The molecule has 1 aromatic heterocycles. The van der Waals surface area contributed by atoms with Crippen LogP contribution in [-0.2, 0) is 0 Å². The summed E-state index contributed by atoms with van der Waals surface area (Å²) in [5.41, 5.74) is 6.07. The second-order valence-corrected chi connectivity index (χ2v) is 5.77. The zero-order chi connectivity index (χ0) is 11.9. The summed E-state index contributed by atoms with van der Waals surface area (Å²) < 4.78 is 0. The van der Waals surface area contributed by atoms with Crippen molar-refractivity contribution in [2.75, 3.05) is 17.6 Å². The number of nitrogens with one attached hydrogen (secondary N) is 1. The Kier molecular flexibility index (Phi) is 2.93. The number of hydrogen-bond donors (Lipinski definition) is 2. The SMILES string of the molecule is CC1(C)CC1CNc1nc(N)c(Cl)cc1Cl. The van der Waals surface area contributed by atoms with Crippen LogP contribution in [-0.4, -0.2) is 11.5 Å². The molecule has 1 heterocycles. The third-order valence-corrected chi connectivity index (χ3v) is 3.78. The van der Waals surface area contributed by atoms with E-state index >= 15 is 0 Å². The van der Waals surface area contributed by atoms with Crippen LogP contribution in [0.25, 0.3) is 0 Å². The zero-order valence-electron chi connectivity index (χ0n) is 9.35. The van der Waals surface area contributed by atoms with Gasteiger partial charge in [0, 0.05) is 6.54 Å². The second-order valence-electron chi connectivity index (χ2n) is 4.96. The van der Waals surface area contributed by atoms with Crippen molar-refractivity contribution in [2.45, 2.75) is 20.3 Å². The Balaban J connectivity index is 2.02. The van der Waals surface area contributed by atoms with Crippen LogP contribution in [0, 0.1) is 11.3 Å². The lowest BCUT2D eigenvalue weighted by Crippen LogP contribution is -2.09. The molecule has 88 valence electrons. The van der Waals surface area contributed by atoms with E-state index in [-0.39, 0.29) is 0 Å². The molecule has 5 heteroatoms. The summed E-state index contributed by atoms with van der Waals surface area (Å²) in [4.78, 5) is 4.12. The smallest absolute Gasteiger partial charge is 0.147 e. The predicted octanol–water partition coefficient (Wildman–Crippen LogP) is 3.43. The van der Waals surface area contributed by atoms with Crippen molar-refractivity contribution in [1.29, 1.82) is 0 Å². The molecule has 0 aromatic carbocycles. The summed E-state index contributed by atoms with van der Waals surface area (Å²) in [5.74, 6) is 1.61. The molecule has 3 N–H and O–H groups in total. The molecular formula is C11H15Cl2N3. The van der Waals surface area contributed by atoms with Gasteiger partial charge in [-0.3, -0.25) is 0 Å². The van der Waals surface area contributed by atoms with Crippen LogP contribution in [0.2, 0.25) is 10.0 Å². The molecule has 2 rings (SSSR count). The summed E-state index contributed by atoms with van der Waals surface area (Å²) in [5, 5.41) is 4.12. The van der Waals surface area contributed by atoms with Crippen molar-refractivity contribution in [3.63, 3.8) is 0 Å². The van der Waals surface area contributed by atoms with Crippen LogP contribution in [0.1, 0.15) is 20.3 Å². The number of nitrogens with two attached hydrogens (primary N) is 1. The van der Waals surface area contributed by atoms with E-state index in [0.717, 1.165) is 6.54 Å². The van der Waals surface area contributed by atoms with Gasteiger partial charge in [-0.05, 0) is 23.8 Å². The number of nitrogens with zero attached hydrogens (tertiary/aromatic N) is 1. The summed E-state index contributed by atoms with van der Waals surface area (Å²) in [6, 6.07) is 1.62. The van der Waals surface area contributed by atoms with Crippen molar-refractivity contribution in [3.8, 4) is 0 Å². The largest absolute Gasteiger partial charge is 0.382 e. The molecule has 0 radical (unpaired) electrons. The van der Waals surface area contributed by atoms with Gasteiger partial charge in [0.25, 0.3) is 0 Å². The third kappa shape index (κ3) is 2.36. The zero-order valence-corrected chi connectivity index (χ0v) is 10.9. The van der Waals surface area contributed by atoms with Gasteiger partial charge in [0.05, 0.1) is 10.0 Å². The Morgan fingerprint density at radius 1 is 1.50 bits per heavy atom. The lowest BCUT2D eigenvalue weighted by molar-refractivity contribution is 0.573. The molecule has 0 aliphatic heterocycles. The highest BCUT2D eigenvalue weighted by Crippen LogP contribution is 2.51. The molecule has 1 aromatic rings. The summed E-state index contributed by atoms with van der Waals surface area (Å²) in [6.45, 7) is 5.38. The molecule has 1 unspecified atom stereocenters. The average Bonchev–Trinajstić information content (AvgIpc) is 2.78. The fourth-order valence-corrected chi connectivity index (χ4v) is 2.17. The monoisotopic (exact) mass is 259 g/mol. The molecule has 16 heavy (non-hydrogen) atoms. The van der Waals surface area contributed by atoms with Gasteiger partial charge in [-0.2, -0.15) is 0 Å².